The Morgan fingerprint density at radius 2 is 2.10 bits per heavy atom. The maximum Gasteiger partial charge on any atom is 0.0709 e. The van der Waals surface area contributed by atoms with E-state index in [1.54, 1.807) is 0 Å². The van der Waals surface area contributed by atoms with Gasteiger partial charge in [0.25, 0.3) is 0 Å². The van der Waals surface area contributed by atoms with Crippen LogP contribution in [0.2, 0.25) is 0 Å². The van der Waals surface area contributed by atoms with Crippen molar-refractivity contribution in [3.8, 4) is 0 Å². The van der Waals surface area contributed by atoms with E-state index in [9.17, 15) is 0 Å². The van der Waals surface area contributed by atoms with Gasteiger partial charge in [0.1, 0.15) is 0 Å². The van der Waals surface area contributed by atoms with Crippen molar-refractivity contribution in [1.29, 1.82) is 0 Å². The van der Waals surface area contributed by atoms with Gasteiger partial charge in [-0.15, -0.1) is 0 Å². The molecule has 3 aromatic heterocycles. The van der Waals surface area contributed by atoms with Crippen LogP contribution in [0.3, 0.4) is 0 Å². The van der Waals surface area contributed by atoms with Gasteiger partial charge in [-0.1, -0.05) is 19.1 Å². The van der Waals surface area contributed by atoms with E-state index in [1.807, 2.05) is 41.3 Å². The van der Waals surface area contributed by atoms with Crippen LogP contribution >= 0.6 is 0 Å². The number of nitrogens with zero attached hydrogens (tertiary/aromatic N) is 3. The van der Waals surface area contributed by atoms with Gasteiger partial charge in [0, 0.05) is 36.1 Å². The van der Waals surface area contributed by atoms with Crippen LogP contribution in [0.1, 0.15) is 30.6 Å². The van der Waals surface area contributed by atoms with E-state index in [0.29, 0.717) is 0 Å². The summed E-state index contributed by atoms with van der Waals surface area (Å²) in [5.41, 5.74) is 3.48. The Morgan fingerprint density at radius 1 is 1.19 bits per heavy atom. The number of aromatic nitrogens is 3. The second-order valence-electron chi connectivity index (χ2n) is 5.16. The third kappa shape index (κ3) is 3.11. The summed E-state index contributed by atoms with van der Waals surface area (Å²) in [6.45, 7) is 3.17. The molecule has 0 saturated carbocycles. The first-order chi connectivity index (χ1) is 10.4. The van der Waals surface area contributed by atoms with Gasteiger partial charge in [0.05, 0.1) is 11.7 Å². The molecule has 3 heterocycles. The molecule has 4 nitrogen and oxygen atoms in total. The zero-order valence-corrected chi connectivity index (χ0v) is 12.2. The second kappa shape index (κ2) is 6.50. The third-order valence-corrected chi connectivity index (χ3v) is 3.61. The van der Waals surface area contributed by atoms with Crippen LogP contribution in [-0.4, -0.2) is 21.1 Å². The van der Waals surface area contributed by atoms with Gasteiger partial charge >= 0.3 is 0 Å². The lowest BCUT2D eigenvalue weighted by Gasteiger charge is -2.17. The van der Waals surface area contributed by atoms with Crippen molar-refractivity contribution in [3.05, 3.63) is 66.2 Å². The fourth-order valence-corrected chi connectivity index (χ4v) is 2.56. The Morgan fingerprint density at radius 3 is 2.90 bits per heavy atom. The topological polar surface area (TPSA) is 42.2 Å². The molecule has 0 spiro atoms. The minimum atomic E-state index is 0.236. The summed E-state index contributed by atoms with van der Waals surface area (Å²) in [5.74, 6) is 0. The molecule has 4 heteroatoms. The molecule has 0 bridgehead atoms. The van der Waals surface area contributed by atoms with Gasteiger partial charge in [-0.2, -0.15) is 5.10 Å². The molecular weight excluding hydrogens is 260 g/mol. The normalized spacial score (nSPS) is 12.6. The van der Waals surface area contributed by atoms with E-state index in [0.717, 1.165) is 30.6 Å². The van der Waals surface area contributed by atoms with Crippen molar-refractivity contribution in [2.45, 2.75) is 25.8 Å². The fourth-order valence-electron chi connectivity index (χ4n) is 2.56. The summed E-state index contributed by atoms with van der Waals surface area (Å²) >= 11 is 0. The molecule has 0 aromatic carbocycles. The summed E-state index contributed by atoms with van der Waals surface area (Å²) in [5, 5.41) is 8.06. The minimum Gasteiger partial charge on any atom is -0.309 e. The van der Waals surface area contributed by atoms with E-state index < -0.39 is 0 Å². The van der Waals surface area contributed by atoms with Crippen LogP contribution in [0.5, 0.6) is 0 Å². The van der Waals surface area contributed by atoms with Crippen LogP contribution in [-0.2, 0) is 6.42 Å². The molecule has 21 heavy (non-hydrogen) atoms. The van der Waals surface area contributed by atoms with Crippen LogP contribution in [0, 0.1) is 0 Å². The zero-order chi connectivity index (χ0) is 14.5. The highest BCUT2D eigenvalue weighted by atomic mass is 15.2. The lowest BCUT2D eigenvalue weighted by atomic mass is 10.0. The van der Waals surface area contributed by atoms with Gasteiger partial charge in [-0.3, -0.25) is 4.98 Å². The average Bonchev–Trinajstić information content (AvgIpc) is 2.96. The maximum atomic E-state index is 4.45. The monoisotopic (exact) mass is 280 g/mol. The SMILES string of the molecule is CCCNC(Cc1ccccn1)c1cnn2ccccc12. The number of hydrogen-bond donors (Lipinski definition) is 1. The van der Waals surface area contributed by atoms with Crippen LogP contribution < -0.4 is 5.32 Å². The largest absolute Gasteiger partial charge is 0.309 e. The number of hydrogen-bond acceptors (Lipinski definition) is 3. The predicted molar refractivity (Wildman–Crippen MR) is 84.2 cm³/mol. The number of pyridine rings is 2. The lowest BCUT2D eigenvalue weighted by molar-refractivity contribution is 0.527. The number of nitrogens with one attached hydrogen (secondary N) is 1. The predicted octanol–water partition coefficient (Wildman–Crippen LogP) is 3.01. The molecule has 0 saturated heterocycles. The Balaban J connectivity index is 1.91. The number of rotatable bonds is 6. The average molecular weight is 280 g/mol. The van der Waals surface area contributed by atoms with Crippen molar-refractivity contribution in [2.75, 3.05) is 6.54 Å². The van der Waals surface area contributed by atoms with Crippen LogP contribution in [0.25, 0.3) is 5.52 Å². The van der Waals surface area contributed by atoms with Crippen molar-refractivity contribution < 1.29 is 0 Å². The highest BCUT2D eigenvalue weighted by molar-refractivity contribution is 5.55. The smallest absolute Gasteiger partial charge is 0.0709 e. The summed E-state index contributed by atoms with van der Waals surface area (Å²) < 4.78 is 1.92. The molecule has 108 valence electrons. The summed E-state index contributed by atoms with van der Waals surface area (Å²) in [6, 6.07) is 12.5. The molecule has 0 fully saturated rings. The highest BCUT2D eigenvalue weighted by Gasteiger charge is 2.16. The summed E-state index contributed by atoms with van der Waals surface area (Å²) in [4.78, 5) is 4.45. The third-order valence-electron chi connectivity index (χ3n) is 3.61. The highest BCUT2D eigenvalue weighted by Crippen LogP contribution is 2.22. The molecule has 0 radical (unpaired) electrons. The molecule has 3 rings (SSSR count). The van der Waals surface area contributed by atoms with Crippen LogP contribution in [0.4, 0.5) is 0 Å². The van der Waals surface area contributed by atoms with E-state index in [4.69, 9.17) is 0 Å². The molecular formula is C17H20N4. The first-order valence-electron chi connectivity index (χ1n) is 7.44. The van der Waals surface area contributed by atoms with Crippen molar-refractivity contribution >= 4 is 5.52 Å². The lowest BCUT2D eigenvalue weighted by Crippen LogP contribution is -2.24. The molecule has 0 aliphatic carbocycles. The first-order valence-corrected chi connectivity index (χ1v) is 7.44. The molecule has 3 aromatic rings. The van der Waals surface area contributed by atoms with Crippen molar-refractivity contribution in [1.82, 2.24) is 19.9 Å². The maximum absolute atomic E-state index is 4.45. The quantitative estimate of drug-likeness (QED) is 0.754. The molecule has 1 atom stereocenters. The van der Waals surface area contributed by atoms with Gasteiger partial charge in [0.15, 0.2) is 0 Å². The molecule has 0 aliphatic heterocycles. The Labute approximate surface area is 124 Å². The molecule has 0 amide bonds. The second-order valence-corrected chi connectivity index (χ2v) is 5.16. The summed E-state index contributed by atoms with van der Waals surface area (Å²) in [6.07, 6.45) is 7.78. The Kier molecular flexibility index (Phi) is 4.26. The molecule has 1 N–H and O–H groups in total. The number of fused-ring (bicyclic) bond motifs is 1. The van der Waals surface area contributed by atoms with Gasteiger partial charge in [-0.05, 0) is 37.2 Å². The van der Waals surface area contributed by atoms with Crippen molar-refractivity contribution in [3.63, 3.8) is 0 Å². The van der Waals surface area contributed by atoms with Crippen molar-refractivity contribution in [2.24, 2.45) is 0 Å². The molecule has 0 aliphatic rings. The standard InChI is InChI=1S/C17H20N4/c1-2-9-19-16(12-14-7-3-5-10-18-14)15-13-20-21-11-6-4-8-17(15)21/h3-8,10-11,13,16,19H,2,9,12H2,1H3. The van der Waals surface area contributed by atoms with Crippen LogP contribution in [0.15, 0.2) is 55.0 Å². The zero-order valence-electron chi connectivity index (χ0n) is 12.2. The fraction of sp³-hybridized carbons (Fsp3) is 0.294. The Bertz CT molecular complexity index is 690. The van der Waals surface area contributed by atoms with Gasteiger partial charge < -0.3 is 5.32 Å². The van der Waals surface area contributed by atoms with E-state index in [-0.39, 0.29) is 6.04 Å². The van der Waals surface area contributed by atoms with Gasteiger partial charge in [-0.25, -0.2) is 4.52 Å². The Hall–Kier alpha value is -2.20. The summed E-state index contributed by atoms with van der Waals surface area (Å²) in [7, 11) is 0. The minimum absolute atomic E-state index is 0.236. The van der Waals surface area contributed by atoms with Gasteiger partial charge in [0.2, 0.25) is 0 Å². The first kappa shape index (κ1) is 13.8. The molecule has 1 unspecified atom stereocenters. The van der Waals surface area contributed by atoms with E-state index in [2.05, 4.69) is 40.5 Å². The van der Waals surface area contributed by atoms with E-state index >= 15 is 0 Å². The van der Waals surface area contributed by atoms with E-state index in [1.165, 1.54) is 5.56 Å².